The van der Waals surface area contributed by atoms with Gasteiger partial charge in [-0.2, -0.15) is 0 Å². The Bertz CT molecular complexity index is 1130. The molecule has 2 amide bonds. The topological polar surface area (TPSA) is 67.9 Å². The lowest BCUT2D eigenvalue weighted by Gasteiger charge is -2.29. The number of carbonyl (C=O) groups is 2. The monoisotopic (exact) mass is 490 g/mol. The highest BCUT2D eigenvalue weighted by Crippen LogP contribution is 2.26. The van der Waals surface area contributed by atoms with Crippen LogP contribution in [0, 0.1) is 11.8 Å². The summed E-state index contributed by atoms with van der Waals surface area (Å²) >= 11 is 0. The molecule has 0 saturated carbocycles. The number of ether oxygens (including phenoxy) is 2. The van der Waals surface area contributed by atoms with Crippen molar-refractivity contribution in [2.45, 2.75) is 71.1 Å². The van der Waals surface area contributed by atoms with Gasteiger partial charge < -0.3 is 19.7 Å². The van der Waals surface area contributed by atoms with Gasteiger partial charge in [0.25, 0.3) is 0 Å². The summed E-state index contributed by atoms with van der Waals surface area (Å²) in [5.74, 6) is 6.18. The van der Waals surface area contributed by atoms with Crippen LogP contribution in [0.15, 0.2) is 48.5 Å². The zero-order chi connectivity index (χ0) is 26.2. The molecular formula is C30H38N2O4. The molecule has 0 unspecified atom stereocenters. The van der Waals surface area contributed by atoms with Crippen LogP contribution in [0.25, 0.3) is 0 Å². The molecule has 2 aromatic carbocycles. The Balaban J connectivity index is 1.52. The number of fused-ring (bicyclic) bond motifs is 2. The molecule has 0 bridgehead atoms. The van der Waals surface area contributed by atoms with Crippen molar-refractivity contribution in [3.05, 3.63) is 65.2 Å². The Labute approximate surface area is 215 Å². The molecule has 1 heterocycles. The summed E-state index contributed by atoms with van der Waals surface area (Å²) in [5.41, 5.74) is 2.90. The Morgan fingerprint density at radius 1 is 0.917 bits per heavy atom. The molecule has 0 saturated heterocycles. The van der Waals surface area contributed by atoms with Crippen LogP contribution in [0.3, 0.4) is 0 Å². The van der Waals surface area contributed by atoms with Crippen molar-refractivity contribution in [2.75, 3.05) is 25.2 Å². The number of anilines is 1. The summed E-state index contributed by atoms with van der Waals surface area (Å²) in [6, 6.07) is 15.5. The molecule has 6 nitrogen and oxygen atoms in total. The fraction of sp³-hybridized carbons (Fsp3) is 0.467. The number of rotatable bonds is 11. The Hall–Kier alpha value is -3.14. The third-order valence-corrected chi connectivity index (χ3v) is 6.54. The van der Waals surface area contributed by atoms with E-state index in [9.17, 15) is 9.59 Å². The molecule has 6 heteroatoms. The fourth-order valence-corrected chi connectivity index (χ4v) is 3.90. The van der Waals surface area contributed by atoms with Gasteiger partial charge >= 0.3 is 0 Å². The van der Waals surface area contributed by atoms with E-state index in [0.29, 0.717) is 26.1 Å². The van der Waals surface area contributed by atoms with E-state index in [-0.39, 0.29) is 35.9 Å². The minimum absolute atomic E-state index is 0.0967. The average molecular weight is 491 g/mol. The molecule has 1 aliphatic rings. The molecule has 3 rings (SSSR count). The smallest absolute Gasteiger partial charge is 0.227 e. The highest BCUT2D eigenvalue weighted by molar-refractivity contribution is 5.96. The van der Waals surface area contributed by atoms with Gasteiger partial charge in [-0.15, -0.1) is 0 Å². The van der Waals surface area contributed by atoms with Gasteiger partial charge in [-0.1, -0.05) is 42.2 Å². The largest absolute Gasteiger partial charge is 0.379 e. The quantitative estimate of drug-likeness (QED) is 0.458. The van der Waals surface area contributed by atoms with E-state index in [1.807, 2.05) is 76.2 Å². The first-order chi connectivity index (χ1) is 17.1. The molecule has 0 spiro atoms. The van der Waals surface area contributed by atoms with E-state index in [4.69, 9.17) is 9.47 Å². The Morgan fingerprint density at radius 3 is 2.33 bits per heavy atom. The van der Waals surface area contributed by atoms with Crippen LogP contribution in [-0.2, 0) is 25.6 Å². The third kappa shape index (κ3) is 7.94. The van der Waals surface area contributed by atoms with Crippen molar-refractivity contribution >= 4 is 17.5 Å². The van der Waals surface area contributed by atoms with Gasteiger partial charge in [0.05, 0.1) is 30.0 Å². The summed E-state index contributed by atoms with van der Waals surface area (Å²) in [6.07, 6.45) is 1.72. The van der Waals surface area contributed by atoms with E-state index in [1.165, 1.54) is 0 Å². The first kappa shape index (κ1) is 27.4. The van der Waals surface area contributed by atoms with E-state index in [0.717, 1.165) is 28.8 Å². The second-order valence-corrected chi connectivity index (χ2v) is 10.3. The van der Waals surface area contributed by atoms with Crippen LogP contribution >= 0.6 is 0 Å². The van der Waals surface area contributed by atoms with Crippen molar-refractivity contribution < 1.29 is 19.1 Å². The van der Waals surface area contributed by atoms with Crippen LogP contribution in [0.4, 0.5) is 5.69 Å². The first-order valence-electron chi connectivity index (χ1n) is 12.6. The minimum atomic E-state index is -0.365. The molecule has 1 aliphatic heterocycles. The fourth-order valence-electron chi connectivity index (χ4n) is 3.90. The minimum Gasteiger partial charge on any atom is -0.379 e. The number of benzene rings is 2. The molecule has 0 fully saturated rings. The zero-order valence-electron chi connectivity index (χ0n) is 22.1. The molecule has 1 N–H and O–H groups in total. The maximum atomic E-state index is 13.3. The van der Waals surface area contributed by atoms with E-state index in [2.05, 4.69) is 17.2 Å². The number of methoxy groups -OCH3 is 1. The summed E-state index contributed by atoms with van der Waals surface area (Å²) in [7, 11) is 1.70. The molecule has 36 heavy (non-hydrogen) atoms. The highest BCUT2D eigenvalue weighted by Gasteiger charge is 2.23. The highest BCUT2D eigenvalue weighted by atomic mass is 16.5. The van der Waals surface area contributed by atoms with Gasteiger partial charge in [0.2, 0.25) is 11.8 Å². The Kier molecular flexibility index (Phi) is 9.31. The van der Waals surface area contributed by atoms with Crippen molar-refractivity contribution in [1.29, 1.82) is 0 Å². The van der Waals surface area contributed by atoms with E-state index >= 15 is 0 Å². The molecule has 0 aromatic heterocycles. The maximum absolute atomic E-state index is 13.3. The molecule has 0 atom stereocenters. The number of carbonyl (C=O) groups excluding carboxylic acids is 2. The number of hydrogen-bond donors (Lipinski definition) is 1. The van der Waals surface area contributed by atoms with Crippen molar-refractivity contribution in [3.8, 4) is 11.8 Å². The van der Waals surface area contributed by atoms with Crippen LogP contribution in [-0.4, -0.2) is 43.3 Å². The number of nitrogens with zero attached hydrogens (tertiary/aromatic N) is 1. The normalized spacial score (nSPS) is 13.0. The van der Waals surface area contributed by atoms with Crippen molar-refractivity contribution in [1.82, 2.24) is 5.32 Å². The van der Waals surface area contributed by atoms with Gasteiger partial charge in [-0.25, -0.2) is 0 Å². The average Bonchev–Trinajstić information content (AvgIpc) is 2.83. The molecular weight excluding hydrogens is 452 g/mol. The predicted molar refractivity (Wildman–Crippen MR) is 143 cm³/mol. The Morgan fingerprint density at radius 2 is 1.58 bits per heavy atom. The lowest BCUT2D eigenvalue weighted by molar-refractivity contribution is -0.125. The molecule has 192 valence electrons. The summed E-state index contributed by atoms with van der Waals surface area (Å²) < 4.78 is 11.4. The third-order valence-electron chi connectivity index (χ3n) is 6.54. The zero-order valence-corrected chi connectivity index (χ0v) is 22.1. The van der Waals surface area contributed by atoms with Crippen LogP contribution < -0.4 is 10.2 Å². The van der Waals surface area contributed by atoms with Gasteiger partial charge in [0.1, 0.15) is 0 Å². The lowest BCUT2D eigenvalue weighted by atomic mass is 10.0. The second kappa shape index (κ2) is 12.2. The van der Waals surface area contributed by atoms with Crippen molar-refractivity contribution in [2.24, 2.45) is 0 Å². The maximum Gasteiger partial charge on any atom is 0.227 e. The molecule has 2 aromatic rings. The standard InChI is InChI=1S/C30H38N2O4/c1-29(2,35-5)19-21-36-30(3,4)18-20-31-27(33)16-17-28(34)32-22-25-12-7-6-10-23(25)14-15-24-11-8-9-13-26(24)32/h6-13H,16-22H2,1-5H3,(H,31,33). The summed E-state index contributed by atoms with van der Waals surface area (Å²) in [5, 5.41) is 2.94. The van der Waals surface area contributed by atoms with Crippen LogP contribution in [0.1, 0.15) is 70.1 Å². The van der Waals surface area contributed by atoms with Gasteiger partial charge in [0, 0.05) is 37.6 Å². The van der Waals surface area contributed by atoms with Crippen LogP contribution in [0.5, 0.6) is 0 Å². The van der Waals surface area contributed by atoms with Gasteiger partial charge in [0.15, 0.2) is 0 Å². The van der Waals surface area contributed by atoms with Gasteiger partial charge in [-0.05, 0) is 64.3 Å². The van der Waals surface area contributed by atoms with E-state index < -0.39 is 0 Å². The summed E-state index contributed by atoms with van der Waals surface area (Å²) in [4.78, 5) is 27.5. The molecule has 0 radical (unpaired) electrons. The van der Waals surface area contributed by atoms with Crippen molar-refractivity contribution in [3.63, 3.8) is 0 Å². The summed E-state index contributed by atoms with van der Waals surface area (Å²) in [6.45, 7) is 9.59. The number of para-hydroxylation sites is 1. The van der Waals surface area contributed by atoms with E-state index in [1.54, 1.807) is 12.0 Å². The number of hydrogen-bond acceptors (Lipinski definition) is 4. The molecule has 0 aliphatic carbocycles. The number of nitrogens with one attached hydrogen (secondary N) is 1. The number of amides is 2. The predicted octanol–water partition coefficient (Wildman–Crippen LogP) is 4.83. The van der Waals surface area contributed by atoms with Crippen LogP contribution in [0.2, 0.25) is 0 Å². The SMILES string of the molecule is COC(C)(C)CCOC(C)(C)CCNC(=O)CCC(=O)N1Cc2ccccc2C#Cc2ccccc21. The second-order valence-electron chi connectivity index (χ2n) is 10.3. The first-order valence-corrected chi connectivity index (χ1v) is 12.6. The van der Waals surface area contributed by atoms with Gasteiger partial charge in [-0.3, -0.25) is 9.59 Å². The lowest BCUT2D eigenvalue weighted by Crippen LogP contribution is -2.35.